The lowest BCUT2D eigenvalue weighted by Gasteiger charge is -2.11. The average Bonchev–Trinajstić information content (AvgIpc) is 2.72. The number of nitrogens with one attached hydrogen (secondary N) is 1. The Morgan fingerprint density at radius 1 is 1.11 bits per heavy atom. The summed E-state index contributed by atoms with van der Waals surface area (Å²) in [7, 11) is 1.31. The highest BCUT2D eigenvalue weighted by Crippen LogP contribution is 2.15. The van der Waals surface area contributed by atoms with Crippen LogP contribution in [0.25, 0.3) is 17.0 Å². The number of esters is 2. The summed E-state index contributed by atoms with van der Waals surface area (Å²) in [4.78, 5) is 42.6. The van der Waals surface area contributed by atoms with Crippen molar-refractivity contribution in [2.24, 2.45) is 0 Å². The molecule has 0 saturated carbocycles. The second-order valence-corrected chi connectivity index (χ2v) is 5.99. The second-order valence-electron chi connectivity index (χ2n) is 5.99. The maximum absolute atomic E-state index is 12.1. The number of carbonyl (C=O) groups is 2. The van der Waals surface area contributed by atoms with Gasteiger partial charge < -0.3 is 14.5 Å². The number of hydrogen-bond donors (Lipinski definition) is 1. The van der Waals surface area contributed by atoms with Gasteiger partial charge >= 0.3 is 11.9 Å². The number of rotatable bonds is 5. The van der Waals surface area contributed by atoms with E-state index in [4.69, 9.17) is 4.74 Å². The lowest BCUT2D eigenvalue weighted by molar-refractivity contribution is -0.142. The molecule has 0 spiro atoms. The van der Waals surface area contributed by atoms with Crippen LogP contribution in [0.15, 0.2) is 59.4 Å². The molecule has 3 rings (SSSR count). The lowest BCUT2D eigenvalue weighted by Crippen LogP contribution is -2.16. The fourth-order valence-electron chi connectivity index (χ4n) is 2.58. The van der Waals surface area contributed by atoms with Crippen LogP contribution in [0.2, 0.25) is 0 Å². The van der Waals surface area contributed by atoms with Crippen LogP contribution >= 0.6 is 0 Å². The van der Waals surface area contributed by atoms with Gasteiger partial charge in [-0.2, -0.15) is 0 Å². The number of nitrogens with zero attached hydrogens (tertiary/aromatic N) is 1. The van der Waals surface area contributed by atoms with Crippen LogP contribution in [-0.4, -0.2) is 29.0 Å². The van der Waals surface area contributed by atoms with Crippen LogP contribution in [0.4, 0.5) is 0 Å². The molecular formula is C21H18N2O5. The molecule has 2 aromatic carbocycles. The van der Waals surface area contributed by atoms with Crippen molar-refractivity contribution in [1.29, 1.82) is 0 Å². The predicted molar refractivity (Wildman–Crippen MR) is 104 cm³/mol. The fourth-order valence-corrected chi connectivity index (χ4v) is 2.58. The molecule has 0 amide bonds. The Hall–Kier alpha value is -3.74. The summed E-state index contributed by atoms with van der Waals surface area (Å²) in [5, 5.41) is 0.472. The Morgan fingerprint density at radius 2 is 1.82 bits per heavy atom. The first-order chi connectivity index (χ1) is 13.5. The smallest absolute Gasteiger partial charge is 0.337 e. The summed E-state index contributed by atoms with van der Waals surface area (Å²) >= 11 is 0. The van der Waals surface area contributed by atoms with Gasteiger partial charge in [0.2, 0.25) is 0 Å². The largest absolute Gasteiger partial charge is 0.465 e. The maximum Gasteiger partial charge on any atom is 0.337 e. The Balaban J connectivity index is 1.68. The maximum atomic E-state index is 12.1. The van der Waals surface area contributed by atoms with E-state index in [0.717, 1.165) is 5.56 Å². The van der Waals surface area contributed by atoms with Crippen molar-refractivity contribution < 1.29 is 19.1 Å². The molecule has 0 bridgehead atoms. The molecule has 1 aromatic heterocycles. The van der Waals surface area contributed by atoms with Crippen molar-refractivity contribution in [3.05, 3.63) is 81.9 Å². The minimum absolute atomic E-state index is 0.271. The Labute approximate surface area is 160 Å². The third-order valence-corrected chi connectivity index (χ3v) is 4.05. The van der Waals surface area contributed by atoms with Crippen molar-refractivity contribution >= 4 is 28.9 Å². The van der Waals surface area contributed by atoms with E-state index in [2.05, 4.69) is 14.7 Å². The first kappa shape index (κ1) is 19.0. The molecule has 7 nitrogen and oxygen atoms in total. The number of methoxy groups -OCH3 is 1. The third-order valence-electron chi connectivity index (χ3n) is 4.05. The van der Waals surface area contributed by atoms with Gasteiger partial charge in [0.25, 0.3) is 5.56 Å². The van der Waals surface area contributed by atoms with E-state index in [1.54, 1.807) is 61.5 Å². The second kappa shape index (κ2) is 8.30. The topological polar surface area (TPSA) is 98.3 Å². The van der Waals surface area contributed by atoms with Crippen molar-refractivity contribution in [2.45, 2.75) is 13.0 Å². The number of aromatic nitrogens is 2. The molecule has 0 radical (unpaired) electrons. The van der Waals surface area contributed by atoms with Crippen molar-refractivity contribution in [2.75, 3.05) is 7.11 Å². The van der Waals surface area contributed by atoms with Crippen molar-refractivity contribution in [3.63, 3.8) is 0 Å². The van der Waals surface area contributed by atoms with E-state index in [-0.39, 0.29) is 11.4 Å². The van der Waals surface area contributed by atoms with Gasteiger partial charge in [-0.1, -0.05) is 24.3 Å². The van der Waals surface area contributed by atoms with E-state index >= 15 is 0 Å². The molecule has 1 heterocycles. The summed E-state index contributed by atoms with van der Waals surface area (Å²) in [6.07, 6.45) is 2.10. The van der Waals surface area contributed by atoms with Crippen LogP contribution in [0.1, 0.15) is 34.8 Å². The third kappa shape index (κ3) is 4.32. The number of carbonyl (C=O) groups excluding carboxylic acids is 2. The highest BCUT2D eigenvalue weighted by atomic mass is 16.5. The molecule has 0 fully saturated rings. The predicted octanol–water partition coefficient (Wildman–Crippen LogP) is 3.03. The van der Waals surface area contributed by atoms with Gasteiger partial charge in [0.05, 0.1) is 23.6 Å². The normalized spacial score (nSPS) is 12.1. The zero-order valence-electron chi connectivity index (χ0n) is 15.3. The van der Waals surface area contributed by atoms with Gasteiger partial charge in [0, 0.05) is 6.08 Å². The highest BCUT2D eigenvalue weighted by Gasteiger charge is 2.14. The monoisotopic (exact) mass is 378 g/mol. The fraction of sp³-hybridized carbons (Fsp3) is 0.143. The standard InChI is InChI=1S/C21H18N2O5/c1-13(19-22-17-6-4-3-5-16(17)20(25)23-19)28-18(24)12-9-14-7-10-15(11-8-14)21(26)27-2/h3-13H,1-2H3,(H,22,23,25)/b12-9+/t13-/m0/s1. The average molecular weight is 378 g/mol. The van der Waals surface area contributed by atoms with Gasteiger partial charge in [-0.3, -0.25) is 4.79 Å². The van der Waals surface area contributed by atoms with E-state index in [1.807, 2.05) is 0 Å². The van der Waals surface area contributed by atoms with Crippen LogP contribution in [0.3, 0.4) is 0 Å². The molecule has 1 atom stereocenters. The van der Waals surface area contributed by atoms with Crippen LogP contribution in [0, 0.1) is 0 Å². The van der Waals surface area contributed by atoms with Crippen molar-refractivity contribution in [3.8, 4) is 0 Å². The highest BCUT2D eigenvalue weighted by molar-refractivity contribution is 5.90. The Morgan fingerprint density at radius 3 is 2.54 bits per heavy atom. The Bertz CT molecular complexity index is 1100. The Kier molecular flexibility index (Phi) is 5.64. The number of H-pyrrole nitrogens is 1. The molecule has 142 valence electrons. The SMILES string of the molecule is COC(=O)c1ccc(/C=C/C(=O)O[C@@H](C)c2nc3ccccc3c(=O)[nH]2)cc1. The first-order valence-corrected chi connectivity index (χ1v) is 8.54. The molecule has 0 aliphatic carbocycles. The number of para-hydroxylation sites is 1. The first-order valence-electron chi connectivity index (χ1n) is 8.54. The minimum Gasteiger partial charge on any atom is -0.465 e. The van der Waals surface area contributed by atoms with Gasteiger partial charge in [0.1, 0.15) is 0 Å². The van der Waals surface area contributed by atoms with Crippen LogP contribution in [0.5, 0.6) is 0 Å². The van der Waals surface area contributed by atoms with Crippen LogP contribution in [-0.2, 0) is 14.3 Å². The van der Waals surface area contributed by atoms with Gasteiger partial charge in [-0.25, -0.2) is 14.6 Å². The number of benzene rings is 2. The summed E-state index contributed by atoms with van der Waals surface area (Å²) in [5.74, 6) is -0.742. The number of hydrogen-bond acceptors (Lipinski definition) is 6. The molecule has 3 aromatic rings. The summed E-state index contributed by atoms with van der Waals surface area (Å²) in [6.45, 7) is 1.63. The van der Waals surface area contributed by atoms with Gasteiger partial charge in [0.15, 0.2) is 11.9 Å². The summed E-state index contributed by atoms with van der Waals surface area (Å²) in [6, 6.07) is 13.5. The molecule has 0 unspecified atom stereocenters. The summed E-state index contributed by atoms with van der Waals surface area (Å²) < 4.78 is 9.94. The number of ether oxygens (including phenoxy) is 2. The molecule has 28 heavy (non-hydrogen) atoms. The number of fused-ring (bicyclic) bond motifs is 1. The summed E-state index contributed by atoms with van der Waals surface area (Å²) in [5.41, 5.74) is 1.38. The van der Waals surface area contributed by atoms with Crippen LogP contribution < -0.4 is 5.56 Å². The molecule has 7 heteroatoms. The number of aromatic amines is 1. The van der Waals surface area contributed by atoms with Gasteiger partial charge in [-0.15, -0.1) is 0 Å². The lowest BCUT2D eigenvalue weighted by atomic mass is 10.1. The zero-order valence-corrected chi connectivity index (χ0v) is 15.3. The van der Waals surface area contributed by atoms with Gasteiger partial charge in [-0.05, 0) is 42.8 Å². The molecule has 1 N–H and O–H groups in total. The molecular weight excluding hydrogens is 360 g/mol. The minimum atomic E-state index is -0.726. The van der Waals surface area contributed by atoms with E-state index in [9.17, 15) is 14.4 Å². The molecule has 0 aliphatic rings. The molecule has 0 aliphatic heterocycles. The van der Waals surface area contributed by atoms with E-state index in [1.165, 1.54) is 13.2 Å². The van der Waals surface area contributed by atoms with Crippen molar-refractivity contribution in [1.82, 2.24) is 9.97 Å². The molecule has 0 saturated heterocycles. The zero-order chi connectivity index (χ0) is 20.1. The van der Waals surface area contributed by atoms with E-state index < -0.39 is 18.0 Å². The van der Waals surface area contributed by atoms with E-state index in [0.29, 0.717) is 16.5 Å². The quantitative estimate of drug-likeness (QED) is 0.541.